The van der Waals surface area contributed by atoms with Gasteiger partial charge < -0.3 is 14.4 Å². The molecule has 3 rings (SSSR count). The van der Waals surface area contributed by atoms with Crippen LogP contribution in [-0.2, 0) is 4.74 Å². The molecule has 0 bridgehead atoms. The van der Waals surface area contributed by atoms with Gasteiger partial charge in [-0.25, -0.2) is 9.97 Å². The second kappa shape index (κ2) is 6.54. The summed E-state index contributed by atoms with van der Waals surface area (Å²) in [5.41, 5.74) is 0. The average molecular weight is 285 g/mol. The summed E-state index contributed by atoms with van der Waals surface area (Å²) < 4.78 is 11.2. The summed E-state index contributed by atoms with van der Waals surface area (Å²) in [6.07, 6.45) is 5.60. The predicted octanol–water partition coefficient (Wildman–Crippen LogP) is 2.88. The van der Waals surface area contributed by atoms with Gasteiger partial charge in [0.25, 0.3) is 5.88 Å². The fourth-order valence-corrected chi connectivity index (χ4v) is 2.67. The molecule has 1 aliphatic heterocycles. The molecule has 5 heteroatoms. The fraction of sp³-hybridized carbons (Fsp3) is 0.375. The van der Waals surface area contributed by atoms with Crippen LogP contribution in [0.1, 0.15) is 12.8 Å². The number of para-hydroxylation sites is 1. The molecular formula is C16H19N3O2. The number of aromatic nitrogens is 2. The standard InChI is InChI=1S/C16H19N3O2/c1-20-12-13-6-5-11-19(13)15-16(18-10-9-17-15)21-14-7-3-2-4-8-14/h2-4,7-10,13H,5-6,11-12H2,1H3. The van der Waals surface area contributed by atoms with Gasteiger partial charge in [-0.2, -0.15) is 0 Å². The Labute approximate surface area is 124 Å². The molecule has 2 heterocycles. The molecule has 2 aromatic rings. The molecule has 1 unspecified atom stereocenters. The Balaban J connectivity index is 1.85. The molecule has 0 saturated carbocycles. The quantitative estimate of drug-likeness (QED) is 0.845. The molecule has 1 aliphatic rings. The third-order valence-electron chi connectivity index (χ3n) is 3.61. The number of methoxy groups -OCH3 is 1. The summed E-state index contributed by atoms with van der Waals surface area (Å²) in [6.45, 7) is 1.65. The lowest BCUT2D eigenvalue weighted by atomic mass is 10.2. The van der Waals surface area contributed by atoms with E-state index in [0.29, 0.717) is 18.5 Å². The Kier molecular flexibility index (Phi) is 4.31. The van der Waals surface area contributed by atoms with E-state index in [4.69, 9.17) is 9.47 Å². The van der Waals surface area contributed by atoms with E-state index in [1.807, 2.05) is 30.3 Å². The average Bonchev–Trinajstić information content (AvgIpc) is 2.97. The Morgan fingerprint density at radius 3 is 2.81 bits per heavy atom. The lowest BCUT2D eigenvalue weighted by Gasteiger charge is -2.26. The molecule has 110 valence electrons. The molecule has 0 N–H and O–H groups in total. The smallest absolute Gasteiger partial charge is 0.263 e. The van der Waals surface area contributed by atoms with Crippen LogP contribution in [0.3, 0.4) is 0 Å². The minimum atomic E-state index is 0.338. The Morgan fingerprint density at radius 1 is 1.19 bits per heavy atom. The van der Waals surface area contributed by atoms with Gasteiger partial charge in [0.2, 0.25) is 0 Å². The van der Waals surface area contributed by atoms with Crippen molar-refractivity contribution < 1.29 is 9.47 Å². The van der Waals surface area contributed by atoms with Crippen LogP contribution in [0.4, 0.5) is 5.82 Å². The first kappa shape index (κ1) is 13.8. The number of hydrogen-bond acceptors (Lipinski definition) is 5. The van der Waals surface area contributed by atoms with Gasteiger partial charge >= 0.3 is 0 Å². The summed E-state index contributed by atoms with van der Waals surface area (Å²) in [4.78, 5) is 11.0. The van der Waals surface area contributed by atoms with Crippen molar-refractivity contribution in [1.29, 1.82) is 0 Å². The molecule has 0 radical (unpaired) electrons. The number of hydrogen-bond donors (Lipinski definition) is 0. The molecule has 1 aromatic carbocycles. The van der Waals surface area contributed by atoms with Crippen molar-refractivity contribution in [2.45, 2.75) is 18.9 Å². The highest BCUT2D eigenvalue weighted by atomic mass is 16.5. The normalized spacial score (nSPS) is 18.0. The van der Waals surface area contributed by atoms with Crippen molar-refractivity contribution in [3.05, 3.63) is 42.7 Å². The number of nitrogens with zero attached hydrogens (tertiary/aromatic N) is 3. The van der Waals surface area contributed by atoms with Crippen molar-refractivity contribution in [2.75, 3.05) is 25.2 Å². The van der Waals surface area contributed by atoms with E-state index < -0.39 is 0 Å². The zero-order valence-corrected chi connectivity index (χ0v) is 12.1. The molecule has 0 aliphatic carbocycles. The highest BCUT2D eigenvalue weighted by molar-refractivity contribution is 5.51. The van der Waals surface area contributed by atoms with Crippen molar-refractivity contribution in [1.82, 2.24) is 9.97 Å². The second-order valence-electron chi connectivity index (χ2n) is 5.05. The van der Waals surface area contributed by atoms with Gasteiger partial charge in [-0.3, -0.25) is 0 Å². The van der Waals surface area contributed by atoms with Gasteiger partial charge in [-0.15, -0.1) is 0 Å². The lowest BCUT2D eigenvalue weighted by Crippen LogP contribution is -2.33. The number of benzene rings is 1. The molecule has 1 fully saturated rings. The third kappa shape index (κ3) is 3.13. The molecule has 1 saturated heterocycles. The minimum Gasteiger partial charge on any atom is -0.436 e. The van der Waals surface area contributed by atoms with Crippen LogP contribution in [0.15, 0.2) is 42.7 Å². The van der Waals surface area contributed by atoms with Crippen LogP contribution in [0.25, 0.3) is 0 Å². The number of rotatable bonds is 5. The van der Waals surface area contributed by atoms with Gasteiger partial charge in [-0.05, 0) is 25.0 Å². The maximum atomic E-state index is 5.89. The van der Waals surface area contributed by atoms with E-state index in [-0.39, 0.29) is 0 Å². The zero-order chi connectivity index (χ0) is 14.5. The molecule has 5 nitrogen and oxygen atoms in total. The molecular weight excluding hydrogens is 266 g/mol. The van der Waals surface area contributed by atoms with Gasteiger partial charge in [0, 0.05) is 26.0 Å². The first-order valence-electron chi connectivity index (χ1n) is 7.18. The summed E-state index contributed by atoms with van der Waals surface area (Å²) in [6, 6.07) is 10.00. The largest absolute Gasteiger partial charge is 0.436 e. The molecule has 21 heavy (non-hydrogen) atoms. The van der Waals surface area contributed by atoms with Crippen LogP contribution in [-0.4, -0.2) is 36.3 Å². The van der Waals surface area contributed by atoms with Gasteiger partial charge in [0.05, 0.1) is 12.6 Å². The number of ether oxygens (including phenoxy) is 2. The third-order valence-corrected chi connectivity index (χ3v) is 3.61. The minimum absolute atomic E-state index is 0.338. The first-order chi connectivity index (χ1) is 10.4. The summed E-state index contributed by atoms with van der Waals surface area (Å²) in [5.74, 6) is 2.11. The van der Waals surface area contributed by atoms with E-state index in [0.717, 1.165) is 31.0 Å². The highest BCUT2D eigenvalue weighted by Gasteiger charge is 2.28. The Morgan fingerprint density at radius 2 is 2.00 bits per heavy atom. The SMILES string of the molecule is COCC1CCCN1c1nccnc1Oc1ccccc1. The summed E-state index contributed by atoms with van der Waals surface area (Å²) in [5, 5.41) is 0. The fourth-order valence-electron chi connectivity index (χ4n) is 2.67. The first-order valence-corrected chi connectivity index (χ1v) is 7.18. The lowest BCUT2D eigenvalue weighted by molar-refractivity contribution is 0.180. The Hall–Kier alpha value is -2.14. The molecule has 1 atom stereocenters. The van der Waals surface area contributed by atoms with Gasteiger partial charge in [0.15, 0.2) is 5.82 Å². The predicted molar refractivity (Wildman–Crippen MR) is 80.8 cm³/mol. The summed E-state index contributed by atoms with van der Waals surface area (Å²) in [7, 11) is 1.73. The summed E-state index contributed by atoms with van der Waals surface area (Å²) >= 11 is 0. The maximum absolute atomic E-state index is 5.89. The molecule has 1 aromatic heterocycles. The zero-order valence-electron chi connectivity index (χ0n) is 12.1. The van der Waals surface area contributed by atoms with Crippen molar-refractivity contribution in [3.63, 3.8) is 0 Å². The van der Waals surface area contributed by atoms with E-state index >= 15 is 0 Å². The van der Waals surface area contributed by atoms with Crippen molar-refractivity contribution in [2.24, 2.45) is 0 Å². The number of anilines is 1. The van der Waals surface area contributed by atoms with E-state index in [2.05, 4.69) is 14.9 Å². The van der Waals surface area contributed by atoms with Crippen LogP contribution >= 0.6 is 0 Å². The van der Waals surface area contributed by atoms with Gasteiger partial charge in [-0.1, -0.05) is 18.2 Å². The second-order valence-corrected chi connectivity index (χ2v) is 5.05. The molecule has 0 amide bonds. The van der Waals surface area contributed by atoms with Crippen LogP contribution in [0.5, 0.6) is 11.6 Å². The highest BCUT2D eigenvalue weighted by Crippen LogP contribution is 2.32. The van der Waals surface area contributed by atoms with Crippen molar-refractivity contribution >= 4 is 5.82 Å². The van der Waals surface area contributed by atoms with Crippen LogP contribution in [0.2, 0.25) is 0 Å². The Bertz CT molecular complexity index is 577. The van der Waals surface area contributed by atoms with E-state index in [1.165, 1.54) is 0 Å². The van der Waals surface area contributed by atoms with E-state index in [1.54, 1.807) is 19.5 Å². The van der Waals surface area contributed by atoms with Gasteiger partial charge in [0.1, 0.15) is 5.75 Å². The van der Waals surface area contributed by atoms with Crippen LogP contribution < -0.4 is 9.64 Å². The monoisotopic (exact) mass is 285 g/mol. The van der Waals surface area contributed by atoms with Crippen LogP contribution in [0, 0.1) is 0 Å². The molecule has 0 spiro atoms. The van der Waals surface area contributed by atoms with E-state index in [9.17, 15) is 0 Å². The topological polar surface area (TPSA) is 47.5 Å². The maximum Gasteiger partial charge on any atom is 0.263 e. The van der Waals surface area contributed by atoms with Crippen molar-refractivity contribution in [3.8, 4) is 11.6 Å².